The van der Waals surface area contributed by atoms with Gasteiger partial charge in [0, 0.05) is 38.4 Å². The predicted molar refractivity (Wildman–Crippen MR) is 122 cm³/mol. The van der Waals surface area contributed by atoms with Crippen molar-refractivity contribution in [1.29, 1.82) is 0 Å². The summed E-state index contributed by atoms with van der Waals surface area (Å²) in [4.78, 5) is 44.0. The molecule has 1 aliphatic carbocycles. The van der Waals surface area contributed by atoms with E-state index in [1.54, 1.807) is 12.4 Å². The maximum Gasteiger partial charge on any atom is 0.274 e. The van der Waals surface area contributed by atoms with Crippen LogP contribution >= 0.6 is 0 Å². The number of piperazine rings is 1. The quantitative estimate of drug-likeness (QED) is 0.669. The van der Waals surface area contributed by atoms with Crippen LogP contribution in [0.15, 0.2) is 24.7 Å². The molecule has 2 aliphatic heterocycles. The third-order valence-electron chi connectivity index (χ3n) is 6.98. The summed E-state index contributed by atoms with van der Waals surface area (Å²) in [5.74, 6) is 2.29. The van der Waals surface area contributed by atoms with Crippen molar-refractivity contribution in [3.8, 4) is 0 Å². The van der Waals surface area contributed by atoms with Crippen LogP contribution in [0.4, 0.5) is 11.6 Å². The molecule has 4 heterocycles. The van der Waals surface area contributed by atoms with Crippen molar-refractivity contribution >= 4 is 23.8 Å². The highest BCUT2D eigenvalue weighted by Crippen LogP contribution is 2.40. The van der Waals surface area contributed by atoms with E-state index in [4.69, 9.17) is 4.98 Å². The smallest absolute Gasteiger partial charge is 0.274 e. The van der Waals surface area contributed by atoms with Gasteiger partial charge in [-0.1, -0.05) is 6.07 Å². The predicted octanol–water partition coefficient (Wildman–Crippen LogP) is 2.58. The van der Waals surface area contributed by atoms with Gasteiger partial charge in [-0.15, -0.1) is 0 Å². The molecule has 8 nitrogen and oxygen atoms in total. The monoisotopic (exact) mass is 434 g/mol. The first kappa shape index (κ1) is 20.8. The SMILES string of the molecule is Cc1cc(C2CC2)cnc1N1CCN(C(=O)c2cnc(N3C(C)CCC3C=O)cn2)CC1. The van der Waals surface area contributed by atoms with Gasteiger partial charge in [0.25, 0.3) is 5.91 Å². The van der Waals surface area contributed by atoms with E-state index in [0.29, 0.717) is 30.5 Å². The Labute approximate surface area is 188 Å². The fraction of sp³-hybridized carbons (Fsp3) is 0.542. The summed E-state index contributed by atoms with van der Waals surface area (Å²) in [7, 11) is 0. The molecule has 1 amide bonds. The van der Waals surface area contributed by atoms with Crippen LogP contribution in [0.25, 0.3) is 0 Å². The summed E-state index contributed by atoms with van der Waals surface area (Å²) in [6, 6.07) is 2.35. The summed E-state index contributed by atoms with van der Waals surface area (Å²) in [5, 5.41) is 0. The molecule has 0 radical (unpaired) electrons. The van der Waals surface area contributed by atoms with Crippen LogP contribution in [0.3, 0.4) is 0 Å². The van der Waals surface area contributed by atoms with Gasteiger partial charge in [0.15, 0.2) is 0 Å². The lowest BCUT2D eigenvalue weighted by atomic mass is 10.1. The maximum atomic E-state index is 13.0. The van der Waals surface area contributed by atoms with Crippen LogP contribution in [-0.4, -0.2) is 70.3 Å². The van der Waals surface area contributed by atoms with Crippen LogP contribution in [0, 0.1) is 6.92 Å². The Bertz CT molecular complexity index is 998. The number of nitrogens with zero attached hydrogens (tertiary/aromatic N) is 6. The van der Waals surface area contributed by atoms with Crippen molar-refractivity contribution < 1.29 is 9.59 Å². The topological polar surface area (TPSA) is 82.5 Å². The molecule has 168 valence electrons. The second-order valence-electron chi connectivity index (χ2n) is 9.26. The summed E-state index contributed by atoms with van der Waals surface area (Å²) in [6.45, 7) is 6.97. The number of rotatable bonds is 5. The number of aromatic nitrogens is 3. The van der Waals surface area contributed by atoms with Crippen LogP contribution in [0.1, 0.15) is 60.1 Å². The molecule has 0 spiro atoms. The third kappa shape index (κ3) is 3.94. The first-order chi connectivity index (χ1) is 15.5. The van der Waals surface area contributed by atoms with E-state index < -0.39 is 0 Å². The number of carbonyl (C=O) groups excluding carboxylic acids is 2. The molecular formula is C24H30N6O2. The molecule has 2 atom stereocenters. The normalized spacial score (nSPS) is 23.5. The molecule has 8 heteroatoms. The average Bonchev–Trinajstić information content (AvgIpc) is 3.61. The van der Waals surface area contributed by atoms with Gasteiger partial charge >= 0.3 is 0 Å². The lowest BCUT2D eigenvalue weighted by Crippen LogP contribution is -2.49. The first-order valence-corrected chi connectivity index (χ1v) is 11.6. The molecule has 3 fully saturated rings. The lowest BCUT2D eigenvalue weighted by Gasteiger charge is -2.36. The number of carbonyl (C=O) groups is 2. The Balaban J connectivity index is 1.21. The molecule has 2 unspecified atom stereocenters. The molecule has 3 aliphatic rings. The van der Waals surface area contributed by atoms with E-state index in [-0.39, 0.29) is 18.0 Å². The Kier molecular flexibility index (Phi) is 5.53. The van der Waals surface area contributed by atoms with Crippen LogP contribution in [0.5, 0.6) is 0 Å². The van der Waals surface area contributed by atoms with Crippen molar-refractivity contribution in [2.75, 3.05) is 36.0 Å². The summed E-state index contributed by atoms with van der Waals surface area (Å²) in [5.41, 5.74) is 2.91. The van der Waals surface area contributed by atoms with Gasteiger partial charge in [0.1, 0.15) is 23.6 Å². The number of aldehydes is 1. The van der Waals surface area contributed by atoms with E-state index in [9.17, 15) is 9.59 Å². The van der Waals surface area contributed by atoms with Gasteiger partial charge in [0.05, 0.1) is 18.4 Å². The fourth-order valence-electron chi connectivity index (χ4n) is 4.95. The van der Waals surface area contributed by atoms with Crippen molar-refractivity contribution in [1.82, 2.24) is 19.9 Å². The van der Waals surface area contributed by atoms with Crippen molar-refractivity contribution in [3.63, 3.8) is 0 Å². The van der Waals surface area contributed by atoms with Gasteiger partial charge in [-0.05, 0) is 56.6 Å². The third-order valence-corrected chi connectivity index (χ3v) is 6.98. The summed E-state index contributed by atoms with van der Waals surface area (Å²) >= 11 is 0. The zero-order chi connectivity index (χ0) is 22.2. The van der Waals surface area contributed by atoms with Gasteiger partial charge in [-0.3, -0.25) is 4.79 Å². The highest BCUT2D eigenvalue weighted by molar-refractivity contribution is 5.92. The van der Waals surface area contributed by atoms with E-state index in [0.717, 1.165) is 38.0 Å². The zero-order valence-electron chi connectivity index (χ0n) is 18.8. The molecule has 2 aromatic heterocycles. The number of pyridine rings is 1. The second kappa shape index (κ2) is 8.48. The number of hydrogen-bond donors (Lipinski definition) is 0. The highest BCUT2D eigenvalue weighted by atomic mass is 16.2. The Morgan fingerprint density at radius 1 is 1.00 bits per heavy atom. The van der Waals surface area contributed by atoms with E-state index in [1.165, 1.54) is 24.0 Å². The minimum absolute atomic E-state index is 0.0983. The zero-order valence-corrected chi connectivity index (χ0v) is 18.8. The molecule has 1 saturated carbocycles. The largest absolute Gasteiger partial charge is 0.353 e. The first-order valence-electron chi connectivity index (χ1n) is 11.6. The molecule has 32 heavy (non-hydrogen) atoms. The molecule has 0 N–H and O–H groups in total. The summed E-state index contributed by atoms with van der Waals surface area (Å²) in [6.07, 6.45) is 10.5. The minimum Gasteiger partial charge on any atom is -0.353 e. The van der Waals surface area contributed by atoms with Gasteiger partial charge < -0.3 is 19.5 Å². The Morgan fingerprint density at radius 2 is 1.78 bits per heavy atom. The Hall–Kier alpha value is -3.03. The van der Waals surface area contributed by atoms with Crippen molar-refractivity contribution in [3.05, 3.63) is 41.5 Å². The highest BCUT2D eigenvalue weighted by Gasteiger charge is 2.32. The molecule has 0 bridgehead atoms. The maximum absolute atomic E-state index is 13.0. The van der Waals surface area contributed by atoms with Gasteiger partial charge in [0.2, 0.25) is 0 Å². The number of hydrogen-bond acceptors (Lipinski definition) is 7. The molecule has 2 aromatic rings. The fourth-order valence-corrected chi connectivity index (χ4v) is 4.95. The van der Waals surface area contributed by atoms with E-state index in [1.807, 2.05) is 16.0 Å². The Morgan fingerprint density at radius 3 is 2.41 bits per heavy atom. The van der Waals surface area contributed by atoms with E-state index >= 15 is 0 Å². The van der Waals surface area contributed by atoms with Crippen molar-refractivity contribution in [2.45, 2.75) is 57.5 Å². The molecule has 2 saturated heterocycles. The van der Waals surface area contributed by atoms with Crippen LogP contribution in [-0.2, 0) is 4.79 Å². The number of anilines is 2. The number of aryl methyl sites for hydroxylation is 1. The lowest BCUT2D eigenvalue weighted by molar-refractivity contribution is -0.108. The van der Waals surface area contributed by atoms with Gasteiger partial charge in [-0.2, -0.15) is 0 Å². The molecule has 0 aromatic carbocycles. The average molecular weight is 435 g/mol. The second-order valence-corrected chi connectivity index (χ2v) is 9.26. The molecule has 5 rings (SSSR count). The number of amides is 1. The van der Waals surface area contributed by atoms with Crippen LogP contribution < -0.4 is 9.80 Å². The van der Waals surface area contributed by atoms with Crippen molar-refractivity contribution in [2.24, 2.45) is 0 Å². The van der Waals surface area contributed by atoms with Gasteiger partial charge in [-0.25, -0.2) is 15.0 Å². The summed E-state index contributed by atoms with van der Waals surface area (Å²) < 4.78 is 0. The standard InChI is InChI=1S/C24H30N6O2/c1-16-11-19(18-4-5-18)12-27-23(16)28-7-9-29(10-8-28)24(32)21-13-26-22(14-25-21)30-17(2)3-6-20(30)15-31/h11-15,17-18,20H,3-10H2,1-2H3. The van der Waals surface area contributed by atoms with E-state index in [2.05, 4.69) is 34.8 Å². The molecular weight excluding hydrogens is 404 g/mol. The minimum atomic E-state index is -0.163. The van der Waals surface area contributed by atoms with Crippen LogP contribution in [0.2, 0.25) is 0 Å².